The van der Waals surface area contributed by atoms with E-state index < -0.39 is 0 Å². The SMILES string of the molecule is COc1cc(N)ccc1[C@@H]1CCCN1. The van der Waals surface area contributed by atoms with Crippen LogP contribution in [0.25, 0.3) is 0 Å². The van der Waals surface area contributed by atoms with Crippen LogP contribution in [0.3, 0.4) is 0 Å². The first-order chi connectivity index (χ1) is 6.81. The molecule has 0 bridgehead atoms. The number of hydrogen-bond acceptors (Lipinski definition) is 3. The van der Waals surface area contributed by atoms with Crippen molar-refractivity contribution in [2.75, 3.05) is 19.4 Å². The summed E-state index contributed by atoms with van der Waals surface area (Å²) < 4.78 is 5.32. The molecule has 1 aromatic carbocycles. The van der Waals surface area contributed by atoms with Crippen LogP contribution < -0.4 is 15.8 Å². The Kier molecular flexibility index (Phi) is 2.59. The molecule has 3 N–H and O–H groups in total. The number of hydrogen-bond donors (Lipinski definition) is 2. The number of nitrogens with two attached hydrogens (primary N) is 1. The van der Waals surface area contributed by atoms with Gasteiger partial charge in [-0.2, -0.15) is 0 Å². The molecule has 0 radical (unpaired) electrons. The van der Waals surface area contributed by atoms with Crippen molar-refractivity contribution in [2.45, 2.75) is 18.9 Å². The minimum Gasteiger partial charge on any atom is -0.496 e. The number of anilines is 1. The molecule has 1 aliphatic rings. The molecule has 0 aromatic heterocycles. The van der Waals surface area contributed by atoms with Crippen molar-refractivity contribution >= 4 is 5.69 Å². The Morgan fingerprint density at radius 3 is 3.00 bits per heavy atom. The van der Waals surface area contributed by atoms with E-state index in [-0.39, 0.29) is 0 Å². The third kappa shape index (κ3) is 1.68. The Bertz CT molecular complexity index is 319. The minimum atomic E-state index is 0.436. The predicted octanol–water partition coefficient (Wildman–Crippen LogP) is 1.70. The fourth-order valence-corrected chi connectivity index (χ4v) is 1.97. The van der Waals surface area contributed by atoms with Gasteiger partial charge in [0.1, 0.15) is 5.75 Å². The molecule has 1 aromatic rings. The summed E-state index contributed by atoms with van der Waals surface area (Å²) in [5.41, 5.74) is 7.68. The van der Waals surface area contributed by atoms with Gasteiger partial charge in [-0.1, -0.05) is 6.07 Å². The van der Waals surface area contributed by atoms with Gasteiger partial charge in [-0.3, -0.25) is 0 Å². The number of benzene rings is 1. The van der Waals surface area contributed by atoms with E-state index in [1.165, 1.54) is 18.4 Å². The van der Waals surface area contributed by atoms with Crippen LogP contribution >= 0.6 is 0 Å². The molecule has 3 heteroatoms. The quantitative estimate of drug-likeness (QED) is 0.701. The lowest BCUT2D eigenvalue weighted by molar-refractivity contribution is 0.403. The third-order valence-electron chi connectivity index (χ3n) is 2.69. The highest BCUT2D eigenvalue weighted by Crippen LogP contribution is 2.31. The normalized spacial score (nSPS) is 21.1. The number of ether oxygens (including phenoxy) is 1. The van der Waals surface area contributed by atoms with Crippen LogP contribution in [0.15, 0.2) is 18.2 Å². The van der Waals surface area contributed by atoms with Crippen LogP contribution in [0.4, 0.5) is 5.69 Å². The van der Waals surface area contributed by atoms with Crippen molar-refractivity contribution in [3.8, 4) is 5.75 Å². The summed E-state index contributed by atoms with van der Waals surface area (Å²) >= 11 is 0. The van der Waals surface area contributed by atoms with Crippen molar-refractivity contribution in [2.24, 2.45) is 0 Å². The smallest absolute Gasteiger partial charge is 0.125 e. The Morgan fingerprint density at radius 2 is 2.36 bits per heavy atom. The molecule has 1 aliphatic heterocycles. The number of rotatable bonds is 2. The first-order valence-corrected chi connectivity index (χ1v) is 4.98. The summed E-state index contributed by atoms with van der Waals surface area (Å²) in [5.74, 6) is 0.893. The van der Waals surface area contributed by atoms with Crippen molar-refractivity contribution in [3.63, 3.8) is 0 Å². The highest BCUT2D eigenvalue weighted by atomic mass is 16.5. The lowest BCUT2D eigenvalue weighted by atomic mass is 10.0. The van der Waals surface area contributed by atoms with Gasteiger partial charge < -0.3 is 15.8 Å². The average Bonchev–Trinajstić information content (AvgIpc) is 2.70. The second-order valence-corrected chi connectivity index (χ2v) is 3.65. The van der Waals surface area contributed by atoms with E-state index >= 15 is 0 Å². The maximum atomic E-state index is 5.70. The zero-order valence-corrected chi connectivity index (χ0v) is 8.42. The van der Waals surface area contributed by atoms with Crippen LogP contribution in [0.1, 0.15) is 24.4 Å². The van der Waals surface area contributed by atoms with Crippen molar-refractivity contribution < 1.29 is 4.74 Å². The first kappa shape index (κ1) is 9.34. The summed E-state index contributed by atoms with van der Waals surface area (Å²) in [6.45, 7) is 1.10. The van der Waals surface area contributed by atoms with Crippen LogP contribution in [0, 0.1) is 0 Å². The van der Waals surface area contributed by atoms with E-state index in [0.29, 0.717) is 6.04 Å². The molecule has 76 valence electrons. The molecule has 0 aliphatic carbocycles. The molecule has 0 spiro atoms. The average molecular weight is 192 g/mol. The zero-order chi connectivity index (χ0) is 9.97. The van der Waals surface area contributed by atoms with Gasteiger partial charge in [0.15, 0.2) is 0 Å². The van der Waals surface area contributed by atoms with Crippen LogP contribution in [0.5, 0.6) is 5.75 Å². The summed E-state index contributed by atoms with van der Waals surface area (Å²) in [6.07, 6.45) is 2.42. The zero-order valence-electron chi connectivity index (χ0n) is 8.42. The van der Waals surface area contributed by atoms with Gasteiger partial charge in [0.2, 0.25) is 0 Å². The first-order valence-electron chi connectivity index (χ1n) is 4.98. The molecule has 14 heavy (non-hydrogen) atoms. The van der Waals surface area contributed by atoms with Crippen LogP contribution in [-0.4, -0.2) is 13.7 Å². The van der Waals surface area contributed by atoms with Crippen LogP contribution in [-0.2, 0) is 0 Å². The van der Waals surface area contributed by atoms with Gasteiger partial charge in [-0.25, -0.2) is 0 Å². The molecule has 0 amide bonds. The molecular weight excluding hydrogens is 176 g/mol. The van der Waals surface area contributed by atoms with E-state index in [2.05, 4.69) is 11.4 Å². The highest BCUT2D eigenvalue weighted by Gasteiger charge is 2.19. The van der Waals surface area contributed by atoms with E-state index in [9.17, 15) is 0 Å². The largest absolute Gasteiger partial charge is 0.496 e. The molecule has 1 fully saturated rings. The van der Waals surface area contributed by atoms with Gasteiger partial charge in [0, 0.05) is 23.4 Å². The number of nitrogens with one attached hydrogen (secondary N) is 1. The minimum absolute atomic E-state index is 0.436. The Labute approximate surface area is 84.3 Å². The maximum Gasteiger partial charge on any atom is 0.125 e. The van der Waals surface area contributed by atoms with Crippen LogP contribution in [0.2, 0.25) is 0 Å². The molecule has 1 heterocycles. The third-order valence-corrected chi connectivity index (χ3v) is 2.69. The summed E-state index contributed by atoms with van der Waals surface area (Å²) in [5, 5.41) is 3.45. The van der Waals surface area contributed by atoms with Gasteiger partial charge >= 0.3 is 0 Å². The topological polar surface area (TPSA) is 47.3 Å². The fraction of sp³-hybridized carbons (Fsp3) is 0.455. The van der Waals surface area contributed by atoms with Gasteiger partial charge in [0.05, 0.1) is 7.11 Å². The molecule has 1 atom stereocenters. The summed E-state index contributed by atoms with van der Waals surface area (Å²) in [4.78, 5) is 0. The molecule has 1 saturated heterocycles. The maximum absolute atomic E-state index is 5.70. The van der Waals surface area contributed by atoms with Gasteiger partial charge in [0.25, 0.3) is 0 Å². The van der Waals surface area contributed by atoms with Gasteiger partial charge in [-0.05, 0) is 25.5 Å². The number of nitrogen functional groups attached to an aromatic ring is 1. The molecule has 0 unspecified atom stereocenters. The standard InChI is InChI=1S/C11H16N2O/c1-14-11-7-8(12)4-5-9(11)10-3-2-6-13-10/h4-5,7,10,13H,2-3,6,12H2,1H3/t10-/m0/s1. The van der Waals surface area contributed by atoms with Crippen molar-refractivity contribution in [3.05, 3.63) is 23.8 Å². The van der Waals surface area contributed by atoms with E-state index in [0.717, 1.165) is 18.0 Å². The van der Waals surface area contributed by atoms with E-state index in [1.807, 2.05) is 12.1 Å². The Morgan fingerprint density at radius 1 is 1.50 bits per heavy atom. The Balaban J connectivity index is 2.31. The molecule has 2 rings (SSSR count). The molecule has 3 nitrogen and oxygen atoms in total. The summed E-state index contributed by atoms with van der Waals surface area (Å²) in [7, 11) is 1.69. The summed E-state index contributed by atoms with van der Waals surface area (Å²) in [6, 6.07) is 6.30. The Hall–Kier alpha value is -1.22. The lowest BCUT2D eigenvalue weighted by Gasteiger charge is -2.15. The lowest BCUT2D eigenvalue weighted by Crippen LogP contribution is -2.13. The molecule has 0 saturated carbocycles. The molecular formula is C11H16N2O. The van der Waals surface area contributed by atoms with Gasteiger partial charge in [-0.15, -0.1) is 0 Å². The monoisotopic (exact) mass is 192 g/mol. The second-order valence-electron chi connectivity index (χ2n) is 3.65. The fourth-order valence-electron chi connectivity index (χ4n) is 1.97. The van der Waals surface area contributed by atoms with Crippen molar-refractivity contribution in [1.29, 1.82) is 0 Å². The highest BCUT2D eigenvalue weighted by molar-refractivity contribution is 5.49. The predicted molar refractivity (Wildman–Crippen MR) is 57.4 cm³/mol. The van der Waals surface area contributed by atoms with Crippen molar-refractivity contribution in [1.82, 2.24) is 5.32 Å². The van der Waals surface area contributed by atoms with E-state index in [4.69, 9.17) is 10.5 Å². The second kappa shape index (κ2) is 3.88. The van der Waals surface area contributed by atoms with E-state index in [1.54, 1.807) is 7.11 Å². The number of methoxy groups -OCH3 is 1.